The molecule has 9 heteroatoms. The fraction of sp³-hybridized carbons (Fsp3) is 0.167. The Morgan fingerprint density at radius 2 is 1.61 bits per heavy atom. The highest BCUT2D eigenvalue weighted by atomic mass is 16.6. The Kier molecular flexibility index (Phi) is 6.21. The number of anilines is 1. The molecule has 1 aliphatic carbocycles. The first-order valence-electron chi connectivity index (χ1n) is 10.3. The minimum Gasteiger partial charge on any atom is -0.478 e. The fourth-order valence-electron chi connectivity index (χ4n) is 3.99. The van der Waals surface area contributed by atoms with Crippen LogP contribution < -0.4 is 10.6 Å². The number of carboxylic acid groups (broad SMARTS) is 1. The first-order chi connectivity index (χ1) is 16.0. The van der Waals surface area contributed by atoms with E-state index in [0.717, 1.165) is 28.3 Å². The molecule has 0 saturated carbocycles. The molecule has 0 bridgehead atoms. The third kappa shape index (κ3) is 4.62. The standard InChI is InChI=1S/C24H21N3O6/c28-23(29)20-13-15(27(31)32)9-10-22(20)25-11-12-26-24(30)33-14-21-18-7-3-1-5-16(18)17-6-2-4-8-19(17)21/h1-10,13,21,25H,11-12,14H2,(H,26,30)(H,28,29). The molecule has 0 heterocycles. The number of non-ortho nitro benzene ring substituents is 1. The van der Waals surface area contributed by atoms with Gasteiger partial charge in [0.2, 0.25) is 0 Å². The van der Waals surface area contributed by atoms with E-state index in [1.54, 1.807) is 0 Å². The van der Waals surface area contributed by atoms with Gasteiger partial charge < -0.3 is 20.5 Å². The third-order valence-corrected chi connectivity index (χ3v) is 5.50. The second-order valence-corrected chi connectivity index (χ2v) is 7.47. The van der Waals surface area contributed by atoms with Gasteiger partial charge >= 0.3 is 12.1 Å². The van der Waals surface area contributed by atoms with Gasteiger partial charge in [-0.15, -0.1) is 0 Å². The molecular formula is C24H21N3O6. The molecule has 168 valence electrons. The van der Waals surface area contributed by atoms with E-state index >= 15 is 0 Å². The van der Waals surface area contributed by atoms with Gasteiger partial charge in [-0.3, -0.25) is 10.1 Å². The average molecular weight is 447 g/mol. The Hall–Kier alpha value is -4.40. The maximum absolute atomic E-state index is 12.2. The summed E-state index contributed by atoms with van der Waals surface area (Å²) in [4.78, 5) is 33.8. The largest absolute Gasteiger partial charge is 0.478 e. The van der Waals surface area contributed by atoms with E-state index < -0.39 is 17.0 Å². The smallest absolute Gasteiger partial charge is 0.407 e. The second-order valence-electron chi connectivity index (χ2n) is 7.47. The third-order valence-electron chi connectivity index (χ3n) is 5.50. The number of nitrogens with one attached hydrogen (secondary N) is 2. The Balaban J connectivity index is 1.30. The maximum Gasteiger partial charge on any atom is 0.407 e. The summed E-state index contributed by atoms with van der Waals surface area (Å²) >= 11 is 0. The normalized spacial score (nSPS) is 11.9. The summed E-state index contributed by atoms with van der Waals surface area (Å²) in [5, 5.41) is 25.6. The number of fused-ring (bicyclic) bond motifs is 3. The van der Waals surface area contributed by atoms with Crippen LogP contribution in [0.25, 0.3) is 11.1 Å². The SMILES string of the molecule is O=C(NCCNc1ccc([N+](=O)[O-])cc1C(=O)O)OCC1c2ccccc2-c2ccccc21. The summed E-state index contributed by atoms with van der Waals surface area (Å²) in [5.74, 6) is -1.33. The maximum atomic E-state index is 12.2. The molecule has 3 aromatic rings. The van der Waals surface area contributed by atoms with Gasteiger partial charge in [0.05, 0.1) is 10.5 Å². The van der Waals surface area contributed by atoms with Gasteiger partial charge in [-0.25, -0.2) is 9.59 Å². The van der Waals surface area contributed by atoms with E-state index in [1.165, 1.54) is 12.1 Å². The second kappa shape index (κ2) is 9.39. The summed E-state index contributed by atoms with van der Waals surface area (Å²) < 4.78 is 5.45. The van der Waals surface area contributed by atoms with Gasteiger partial charge in [-0.2, -0.15) is 0 Å². The molecule has 1 amide bonds. The monoisotopic (exact) mass is 447 g/mol. The van der Waals surface area contributed by atoms with Crippen molar-refractivity contribution in [2.45, 2.75) is 5.92 Å². The zero-order valence-electron chi connectivity index (χ0n) is 17.5. The number of hydrogen-bond donors (Lipinski definition) is 3. The van der Waals surface area contributed by atoms with E-state index in [1.807, 2.05) is 36.4 Å². The first-order valence-corrected chi connectivity index (χ1v) is 10.3. The number of benzene rings is 3. The van der Waals surface area contributed by atoms with E-state index in [-0.39, 0.29) is 42.6 Å². The van der Waals surface area contributed by atoms with Crippen molar-refractivity contribution in [2.24, 2.45) is 0 Å². The molecule has 33 heavy (non-hydrogen) atoms. The molecule has 3 aromatic carbocycles. The van der Waals surface area contributed by atoms with Crippen molar-refractivity contribution in [2.75, 3.05) is 25.0 Å². The number of carbonyl (C=O) groups is 2. The predicted molar refractivity (Wildman–Crippen MR) is 122 cm³/mol. The van der Waals surface area contributed by atoms with Crippen LogP contribution in [0.5, 0.6) is 0 Å². The highest BCUT2D eigenvalue weighted by molar-refractivity contribution is 5.95. The first kappa shape index (κ1) is 21.8. The zero-order valence-corrected chi connectivity index (χ0v) is 17.5. The van der Waals surface area contributed by atoms with Gasteiger partial charge in [0, 0.05) is 36.8 Å². The van der Waals surface area contributed by atoms with Crippen LogP contribution in [0, 0.1) is 10.1 Å². The Morgan fingerprint density at radius 3 is 2.21 bits per heavy atom. The van der Waals surface area contributed by atoms with E-state index in [4.69, 9.17) is 4.74 Å². The van der Waals surface area contributed by atoms with Crippen LogP contribution in [0.2, 0.25) is 0 Å². The number of nitro groups is 1. The Labute approximate surface area is 189 Å². The Morgan fingerprint density at radius 1 is 0.970 bits per heavy atom. The lowest BCUT2D eigenvalue weighted by Crippen LogP contribution is -2.30. The van der Waals surface area contributed by atoms with Gasteiger partial charge in [0.15, 0.2) is 0 Å². The number of amides is 1. The summed E-state index contributed by atoms with van der Waals surface area (Å²) in [5.41, 5.74) is 4.22. The van der Waals surface area contributed by atoms with Crippen molar-refractivity contribution >= 4 is 23.4 Å². The number of alkyl carbamates (subject to hydrolysis) is 1. The van der Waals surface area contributed by atoms with Crippen LogP contribution in [-0.4, -0.2) is 41.8 Å². The lowest BCUT2D eigenvalue weighted by molar-refractivity contribution is -0.384. The van der Waals surface area contributed by atoms with Crippen molar-refractivity contribution in [3.8, 4) is 11.1 Å². The number of rotatable bonds is 8. The van der Waals surface area contributed by atoms with Gasteiger partial charge in [0.1, 0.15) is 6.61 Å². The Bertz CT molecular complexity index is 1180. The van der Waals surface area contributed by atoms with Crippen LogP contribution in [0.15, 0.2) is 66.7 Å². The summed E-state index contributed by atoms with van der Waals surface area (Å²) in [6.07, 6.45) is -0.583. The molecule has 0 radical (unpaired) electrons. The molecule has 0 aromatic heterocycles. The van der Waals surface area contributed by atoms with Crippen molar-refractivity contribution in [1.82, 2.24) is 5.32 Å². The van der Waals surface area contributed by atoms with Gasteiger partial charge in [-0.05, 0) is 28.3 Å². The van der Waals surface area contributed by atoms with E-state index in [9.17, 15) is 24.8 Å². The van der Waals surface area contributed by atoms with Gasteiger partial charge in [0.25, 0.3) is 5.69 Å². The topological polar surface area (TPSA) is 131 Å². The summed E-state index contributed by atoms with van der Waals surface area (Å²) in [6, 6.07) is 19.6. The van der Waals surface area contributed by atoms with Crippen molar-refractivity contribution < 1.29 is 24.4 Å². The number of carbonyl (C=O) groups excluding carboxylic acids is 1. The minimum absolute atomic E-state index is 0.0421. The number of hydrogen-bond acceptors (Lipinski definition) is 6. The quantitative estimate of drug-likeness (QED) is 0.267. The molecule has 0 spiro atoms. The number of aromatic carboxylic acids is 1. The van der Waals surface area contributed by atoms with Crippen LogP contribution in [0.4, 0.5) is 16.2 Å². The molecule has 3 N–H and O–H groups in total. The van der Waals surface area contributed by atoms with Crippen LogP contribution in [-0.2, 0) is 4.74 Å². The fourth-order valence-corrected chi connectivity index (χ4v) is 3.99. The lowest BCUT2D eigenvalue weighted by Gasteiger charge is -2.15. The van der Waals surface area contributed by atoms with Crippen LogP contribution in [0.1, 0.15) is 27.4 Å². The van der Waals surface area contributed by atoms with Crippen molar-refractivity contribution in [3.63, 3.8) is 0 Å². The highest BCUT2D eigenvalue weighted by Gasteiger charge is 2.28. The van der Waals surface area contributed by atoms with Gasteiger partial charge in [-0.1, -0.05) is 48.5 Å². The number of nitrogens with zero attached hydrogens (tertiary/aromatic N) is 1. The summed E-state index contributed by atoms with van der Waals surface area (Å²) in [6.45, 7) is 0.577. The molecule has 0 aliphatic heterocycles. The highest BCUT2D eigenvalue weighted by Crippen LogP contribution is 2.44. The molecule has 0 fully saturated rings. The van der Waals surface area contributed by atoms with E-state index in [0.29, 0.717) is 0 Å². The molecule has 0 unspecified atom stereocenters. The molecule has 9 nitrogen and oxygen atoms in total. The molecule has 4 rings (SSSR count). The number of ether oxygens (including phenoxy) is 1. The lowest BCUT2D eigenvalue weighted by atomic mass is 9.98. The van der Waals surface area contributed by atoms with Crippen LogP contribution >= 0.6 is 0 Å². The molecule has 1 aliphatic rings. The minimum atomic E-state index is -1.29. The van der Waals surface area contributed by atoms with Crippen molar-refractivity contribution in [1.29, 1.82) is 0 Å². The number of nitro benzene ring substituents is 1. The number of carboxylic acids is 1. The zero-order chi connectivity index (χ0) is 23.4. The molecule has 0 atom stereocenters. The molecular weight excluding hydrogens is 426 g/mol. The van der Waals surface area contributed by atoms with E-state index in [2.05, 4.69) is 22.8 Å². The van der Waals surface area contributed by atoms with Crippen molar-refractivity contribution in [3.05, 3.63) is 93.5 Å². The molecule has 0 saturated heterocycles. The van der Waals surface area contributed by atoms with Crippen LogP contribution in [0.3, 0.4) is 0 Å². The predicted octanol–water partition coefficient (Wildman–Crippen LogP) is 4.24. The summed E-state index contributed by atoms with van der Waals surface area (Å²) in [7, 11) is 0. The average Bonchev–Trinajstić information content (AvgIpc) is 3.14.